The van der Waals surface area contributed by atoms with Crippen molar-refractivity contribution in [2.75, 3.05) is 0 Å². The smallest absolute Gasteiger partial charge is 0.360 e. The zero-order chi connectivity index (χ0) is 17.3. The topological polar surface area (TPSA) is 118 Å². The summed E-state index contributed by atoms with van der Waals surface area (Å²) < 4.78 is 11.4. The fourth-order valence-electron chi connectivity index (χ4n) is 2.52. The molecule has 0 heterocycles. The Bertz CT molecular complexity index is 537. The van der Waals surface area contributed by atoms with E-state index < -0.39 is 31.6 Å². The van der Waals surface area contributed by atoms with Crippen LogP contribution < -0.4 is 5.73 Å². The van der Waals surface area contributed by atoms with Crippen LogP contribution in [0.4, 0.5) is 0 Å². The minimum Gasteiger partial charge on any atom is -0.481 e. The van der Waals surface area contributed by atoms with E-state index in [0.29, 0.717) is 6.42 Å². The van der Waals surface area contributed by atoms with Crippen molar-refractivity contribution in [3.63, 3.8) is 0 Å². The average Bonchev–Trinajstić information content (AvgIpc) is 2.52. The van der Waals surface area contributed by atoms with Gasteiger partial charge in [-0.05, 0) is 31.2 Å². The average molecular weight is 340 g/mol. The van der Waals surface area contributed by atoms with Crippen molar-refractivity contribution >= 4 is 20.3 Å². The number of nitrogens with two attached hydrogens (primary N) is 1. The molecule has 0 radical (unpaired) electrons. The van der Waals surface area contributed by atoms with Gasteiger partial charge < -0.3 is 15.9 Å². The monoisotopic (exact) mass is 340 g/mol. The van der Waals surface area contributed by atoms with Gasteiger partial charge in [0.05, 0.1) is 0 Å². The molecule has 0 fully saturated rings. The van der Waals surface area contributed by atoms with Gasteiger partial charge in [-0.2, -0.15) is 0 Å². The van der Waals surface area contributed by atoms with Gasteiger partial charge in [-0.1, -0.05) is 34.9 Å². The molecule has 6 nitrogen and oxygen atoms in total. The third-order valence-electron chi connectivity index (χ3n) is 3.85. The lowest BCUT2D eigenvalue weighted by molar-refractivity contribution is -0.148. The molecule has 7 heteroatoms. The van der Waals surface area contributed by atoms with Crippen LogP contribution in [0.5, 0.6) is 0 Å². The number of aryl methyl sites for hydroxylation is 1. The predicted octanol–water partition coefficient (Wildman–Crippen LogP) is 2.08. The quantitative estimate of drug-likeness (QED) is 0.421. The van der Waals surface area contributed by atoms with Crippen LogP contribution in [0.15, 0.2) is 30.3 Å². The number of hydrogen-bond donors (Lipinski definition) is 3. The largest absolute Gasteiger partial charge is 0.481 e. The maximum Gasteiger partial charge on any atom is 0.360 e. The third kappa shape index (κ3) is 6.47. The van der Waals surface area contributed by atoms with Gasteiger partial charge in [-0.15, -0.1) is 0 Å². The van der Waals surface area contributed by atoms with Crippen LogP contribution in [-0.4, -0.2) is 27.4 Å². The molecule has 0 bridgehead atoms. The number of carboxylic acids is 1. The van der Waals surface area contributed by atoms with Gasteiger partial charge in [-0.25, -0.2) is 0 Å². The Morgan fingerprint density at radius 3 is 2.39 bits per heavy atom. The number of benzene rings is 1. The maximum atomic E-state index is 11.4. The van der Waals surface area contributed by atoms with Crippen molar-refractivity contribution < 1.29 is 24.4 Å². The van der Waals surface area contributed by atoms with Crippen LogP contribution in [0.1, 0.15) is 37.7 Å². The fraction of sp³-hybridized carbons (Fsp3) is 0.500. The van der Waals surface area contributed by atoms with E-state index in [9.17, 15) is 24.4 Å². The van der Waals surface area contributed by atoms with Gasteiger partial charge in [0, 0.05) is 12.8 Å². The highest BCUT2D eigenvalue weighted by atomic mass is 31.1. The van der Waals surface area contributed by atoms with Crippen molar-refractivity contribution in [2.24, 2.45) is 11.7 Å². The number of carbonyl (C=O) groups is 2. The molecule has 3 unspecified atom stereocenters. The number of carboxylic acid groups (broad SMARTS) is 1. The minimum absolute atomic E-state index is 0.109. The highest BCUT2D eigenvalue weighted by Gasteiger charge is 2.48. The standard InChI is InChI=1S/C16H22NO5P/c17-14(18)10-9-13(15(19)20)16(21,23-22)11-5-4-8-12-6-2-1-3-7-12/h1-3,6-7,13,21H,4-5,8-11H2,(H2,17,18)(H,19,20)/p+1. The second kappa shape index (κ2) is 9.38. The molecule has 0 aliphatic carbocycles. The van der Waals surface area contributed by atoms with E-state index in [1.54, 1.807) is 0 Å². The van der Waals surface area contributed by atoms with E-state index >= 15 is 0 Å². The Kier molecular flexibility index (Phi) is 7.86. The first kappa shape index (κ1) is 19.3. The summed E-state index contributed by atoms with van der Waals surface area (Å²) in [5.41, 5.74) is 6.18. The van der Waals surface area contributed by atoms with Crippen molar-refractivity contribution in [2.45, 2.75) is 43.9 Å². The molecular weight excluding hydrogens is 317 g/mol. The molecule has 4 N–H and O–H groups in total. The molecule has 0 aliphatic heterocycles. The summed E-state index contributed by atoms with van der Waals surface area (Å²) >= 11 is 0. The summed E-state index contributed by atoms with van der Waals surface area (Å²) in [5, 5.41) is 17.8. The van der Waals surface area contributed by atoms with Gasteiger partial charge >= 0.3 is 14.4 Å². The van der Waals surface area contributed by atoms with Crippen LogP contribution in [0.3, 0.4) is 0 Å². The van der Waals surface area contributed by atoms with Crippen LogP contribution in [0.25, 0.3) is 0 Å². The Labute approximate surface area is 136 Å². The molecule has 126 valence electrons. The van der Waals surface area contributed by atoms with E-state index in [2.05, 4.69) is 0 Å². The molecule has 0 aliphatic rings. The zero-order valence-electron chi connectivity index (χ0n) is 12.9. The number of aliphatic hydroxyl groups is 1. The van der Waals surface area contributed by atoms with E-state index in [-0.39, 0.29) is 19.3 Å². The second-order valence-electron chi connectivity index (χ2n) is 5.61. The predicted molar refractivity (Wildman–Crippen MR) is 87.5 cm³/mol. The molecular formula is C16H23NO5P+. The number of primary amides is 1. The Morgan fingerprint density at radius 2 is 1.87 bits per heavy atom. The molecule has 1 rings (SSSR count). The summed E-state index contributed by atoms with van der Waals surface area (Å²) in [6.45, 7) is 0. The lowest BCUT2D eigenvalue weighted by atomic mass is 9.91. The van der Waals surface area contributed by atoms with E-state index in [0.717, 1.165) is 18.4 Å². The number of hydrogen-bond acceptors (Lipinski definition) is 4. The number of aliphatic carboxylic acids is 1. The van der Waals surface area contributed by atoms with Crippen molar-refractivity contribution in [1.29, 1.82) is 0 Å². The molecule has 0 aromatic heterocycles. The lowest BCUT2D eigenvalue weighted by Crippen LogP contribution is -2.38. The van der Waals surface area contributed by atoms with E-state index in [1.807, 2.05) is 30.3 Å². The van der Waals surface area contributed by atoms with E-state index in [4.69, 9.17) is 5.73 Å². The zero-order valence-corrected chi connectivity index (χ0v) is 13.9. The summed E-state index contributed by atoms with van der Waals surface area (Å²) in [6.07, 6.45) is 1.93. The molecule has 0 spiro atoms. The van der Waals surface area contributed by atoms with Gasteiger partial charge in [0.2, 0.25) is 5.91 Å². The lowest BCUT2D eigenvalue weighted by Gasteiger charge is -2.21. The Balaban J connectivity index is 2.57. The summed E-state index contributed by atoms with van der Waals surface area (Å²) in [5.74, 6) is -3.17. The van der Waals surface area contributed by atoms with Crippen molar-refractivity contribution in [1.82, 2.24) is 0 Å². The fourth-order valence-corrected chi connectivity index (χ4v) is 3.21. The third-order valence-corrected chi connectivity index (χ3v) is 4.80. The Morgan fingerprint density at radius 1 is 1.22 bits per heavy atom. The highest BCUT2D eigenvalue weighted by Crippen LogP contribution is 2.37. The van der Waals surface area contributed by atoms with Crippen LogP contribution in [-0.2, 0) is 20.6 Å². The summed E-state index contributed by atoms with van der Waals surface area (Å²) in [4.78, 5) is 22.2. The SMILES string of the molecule is NC(=O)CCC(C(=O)O)C(O)(CCCCc1ccccc1)[PH+]=O. The van der Waals surface area contributed by atoms with Crippen molar-refractivity contribution in [3.05, 3.63) is 35.9 Å². The van der Waals surface area contributed by atoms with Gasteiger partial charge in [-0.3, -0.25) is 9.59 Å². The first-order valence-corrected chi connectivity index (χ1v) is 8.46. The van der Waals surface area contributed by atoms with Crippen LogP contribution in [0.2, 0.25) is 0 Å². The summed E-state index contributed by atoms with van der Waals surface area (Å²) in [6, 6.07) is 9.80. The molecule has 3 atom stereocenters. The first-order chi connectivity index (χ1) is 10.9. The summed E-state index contributed by atoms with van der Waals surface area (Å²) in [7, 11) is -1.17. The van der Waals surface area contributed by atoms with Gasteiger partial charge in [0.25, 0.3) is 5.34 Å². The molecule has 1 aromatic carbocycles. The van der Waals surface area contributed by atoms with Gasteiger partial charge in [0.1, 0.15) is 5.92 Å². The van der Waals surface area contributed by atoms with Crippen LogP contribution >= 0.6 is 8.46 Å². The number of unbranched alkanes of at least 4 members (excludes halogenated alkanes) is 1. The molecule has 1 amide bonds. The number of carbonyl (C=O) groups excluding carboxylic acids is 1. The van der Waals surface area contributed by atoms with E-state index in [1.165, 1.54) is 0 Å². The molecule has 0 saturated carbocycles. The van der Waals surface area contributed by atoms with Crippen molar-refractivity contribution in [3.8, 4) is 0 Å². The first-order valence-electron chi connectivity index (χ1n) is 7.56. The normalized spacial score (nSPS) is 15.0. The minimum atomic E-state index is -1.82. The molecule has 1 aromatic rings. The molecule has 23 heavy (non-hydrogen) atoms. The Hall–Kier alpha value is -1.78. The van der Waals surface area contributed by atoms with Gasteiger partial charge in [0.15, 0.2) is 0 Å². The second-order valence-corrected chi connectivity index (χ2v) is 6.68. The number of rotatable bonds is 11. The maximum absolute atomic E-state index is 11.4. The number of amides is 1. The molecule has 0 saturated heterocycles. The van der Waals surface area contributed by atoms with Crippen LogP contribution in [0, 0.1) is 5.92 Å². The highest BCUT2D eigenvalue weighted by molar-refractivity contribution is 7.25.